The number of furan rings is 1. The van der Waals surface area contributed by atoms with Crippen molar-refractivity contribution in [2.45, 2.75) is 19.8 Å². The molecule has 0 unspecified atom stereocenters. The quantitative estimate of drug-likeness (QED) is 0.376. The first-order valence-corrected chi connectivity index (χ1v) is 9.65. The molecule has 0 saturated heterocycles. The highest BCUT2D eigenvalue weighted by Gasteiger charge is 2.12. The molecule has 2 heterocycles. The number of aromatic nitrogens is 1. The molecule has 0 aliphatic heterocycles. The van der Waals surface area contributed by atoms with Gasteiger partial charge in [-0.15, -0.1) is 0 Å². The van der Waals surface area contributed by atoms with Crippen molar-refractivity contribution in [3.05, 3.63) is 96.1 Å². The van der Waals surface area contributed by atoms with E-state index in [4.69, 9.17) is 19.6 Å². The number of pyridine rings is 1. The number of hydrogen-bond donors (Lipinski definition) is 2. The molecule has 0 fully saturated rings. The number of hydrogen-bond acceptors (Lipinski definition) is 6. The monoisotopic (exact) mass is 419 g/mol. The number of nitrogens with zero attached hydrogens (tertiary/aromatic N) is 1. The Morgan fingerprint density at radius 1 is 1.26 bits per heavy atom. The molecule has 3 aromatic rings. The summed E-state index contributed by atoms with van der Waals surface area (Å²) in [6.07, 6.45) is 5.13. The minimum atomic E-state index is -0.290. The number of nitrogens with one attached hydrogen (secondary N) is 1. The Kier molecular flexibility index (Phi) is 7.24. The van der Waals surface area contributed by atoms with Gasteiger partial charge >= 0.3 is 0 Å². The van der Waals surface area contributed by atoms with E-state index in [0.29, 0.717) is 35.9 Å². The Hall–Kier alpha value is -3.84. The lowest BCUT2D eigenvalue weighted by atomic mass is 10.1. The first-order chi connectivity index (χ1) is 15.0. The molecular formula is C24H25N3O4. The molecule has 1 aromatic carbocycles. The van der Waals surface area contributed by atoms with Crippen LogP contribution < -0.4 is 11.1 Å². The van der Waals surface area contributed by atoms with E-state index in [2.05, 4.69) is 23.5 Å². The van der Waals surface area contributed by atoms with Crippen LogP contribution in [0, 0.1) is 0 Å². The summed E-state index contributed by atoms with van der Waals surface area (Å²) in [5, 5.41) is 3.79. The predicted molar refractivity (Wildman–Crippen MR) is 120 cm³/mol. The van der Waals surface area contributed by atoms with E-state index in [0.717, 1.165) is 16.5 Å². The molecule has 3 rings (SSSR count). The Bertz CT molecular complexity index is 1130. The zero-order chi connectivity index (χ0) is 22.2. The number of allylic oxidation sites excluding steroid dienone is 3. The molecule has 0 saturated carbocycles. The van der Waals surface area contributed by atoms with Crippen LogP contribution in [0.2, 0.25) is 0 Å². The van der Waals surface area contributed by atoms with E-state index in [1.807, 2.05) is 24.3 Å². The fourth-order valence-electron chi connectivity index (χ4n) is 2.93. The minimum absolute atomic E-state index is 0.173. The number of fused-ring (bicyclic) bond motifs is 1. The summed E-state index contributed by atoms with van der Waals surface area (Å²) in [6, 6.07) is 11.0. The maximum absolute atomic E-state index is 12.5. The van der Waals surface area contributed by atoms with Crippen LogP contribution in [0.3, 0.4) is 0 Å². The fraction of sp³-hybridized carbons (Fsp3) is 0.167. The third-order valence-corrected chi connectivity index (χ3v) is 4.42. The van der Waals surface area contributed by atoms with Crippen LogP contribution >= 0.6 is 0 Å². The highest BCUT2D eigenvalue weighted by Crippen LogP contribution is 2.22. The van der Waals surface area contributed by atoms with E-state index >= 15 is 0 Å². The zero-order valence-electron chi connectivity index (χ0n) is 17.4. The number of nitrogens with two attached hydrogens (primary N) is 1. The molecule has 3 N–H and O–H groups in total. The molecule has 0 aliphatic carbocycles. The second-order valence-electron chi connectivity index (χ2n) is 6.79. The van der Waals surface area contributed by atoms with Crippen molar-refractivity contribution < 1.29 is 18.7 Å². The number of rotatable bonds is 10. The summed E-state index contributed by atoms with van der Waals surface area (Å²) in [6.45, 7) is 8.35. The molecule has 7 nitrogen and oxygen atoms in total. The lowest BCUT2D eigenvalue weighted by Gasteiger charge is -2.08. The van der Waals surface area contributed by atoms with Crippen LogP contribution in [0.25, 0.3) is 11.0 Å². The number of methoxy groups -OCH3 is 1. The average molecular weight is 419 g/mol. The van der Waals surface area contributed by atoms with Crippen LogP contribution in [0.15, 0.2) is 78.0 Å². The molecule has 0 spiro atoms. The lowest BCUT2D eigenvalue weighted by Crippen LogP contribution is -2.24. The van der Waals surface area contributed by atoms with E-state index in [-0.39, 0.29) is 18.3 Å². The Labute approximate surface area is 180 Å². The number of amides is 1. The predicted octanol–water partition coefficient (Wildman–Crippen LogP) is 4.26. The van der Waals surface area contributed by atoms with Crippen LogP contribution in [-0.2, 0) is 29.2 Å². The molecule has 160 valence electrons. The second kappa shape index (κ2) is 10.3. The number of nitrogen functional groups attached to an aromatic ring is 1. The largest absolute Gasteiger partial charge is 0.486 e. The maximum atomic E-state index is 12.5. The number of anilines is 1. The van der Waals surface area contributed by atoms with Gasteiger partial charge in [-0.3, -0.25) is 4.79 Å². The molecule has 31 heavy (non-hydrogen) atoms. The summed E-state index contributed by atoms with van der Waals surface area (Å²) in [5.41, 5.74) is 8.57. The van der Waals surface area contributed by atoms with Crippen molar-refractivity contribution in [3.8, 4) is 0 Å². The van der Waals surface area contributed by atoms with Gasteiger partial charge in [0.15, 0.2) is 0 Å². The first-order valence-electron chi connectivity index (χ1n) is 9.65. The third kappa shape index (κ3) is 5.83. The molecule has 1 amide bonds. The summed E-state index contributed by atoms with van der Waals surface area (Å²) < 4.78 is 16.4. The number of ether oxygens (including phenoxy) is 2. The highest BCUT2D eigenvalue weighted by molar-refractivity contribution is 5.98. The molecule has 7 heteroatoms. The number of carbonyl (C=O) groups is 1. The Balaban J connectivity index is 1.62. The van der Waals surface area contributed by atoms with E-state index < -0.39 is 0 Å². The van der Waals surface area contributed by atoms with Crippen molar-refractivity contribution in [2.24, 2.45) is 0 Å². The third-order valence-electron chi connectivity index (χ3n) is 4.42. The van der Waals surface area contributed by atoms with Gasteiger partial charge in [0.2, 0.25) is 0 Å². The smallest absolute Gasteiger partial charge is 0.255 e. The van der Waals surface area contributed by atoms with Gasteiger partial charge in [0.1, 0.15) is 29.5 Å². The van der Waals surface area contributed by atoms with Gasteiger partial charge in [-0.25, -0.2) is 4.98 Å². The normalized spacial score (nSPS) is 11.0. The topological polar surface area (TPSA) is 99.6 Å². The SMILES string of the molecule is C=C/C=C\C(=C)OCc1cc2cc(CNC(=O)c3ccc(COC)nc3N)ccc2o1. The molecule has 0 atom stereocenters. The summed E-state index contributed by atoms with van der Waals surface area (Å²) in [5.74, 6) is 1.08. The molecule has 0 aliphatic rings. The molecule has 2 aromatic heterocycles. The zero-order valence-corrected chi connectivity index (χ0v) is 17.4. The summed E-state index contributed by atoms with van der Waals surface area (Å²) in [4.78, 5) is 16.7. The first kappa shape index (κ1) is 21.9. The van der Waals surface area contributed by atoms with E-state index in [1.165, 1.54) is 0 Å². The summed E-state index contributed by atoms with van der Waals surface area (Å²) in [7, 11) is 1.57. The average Bonchev–Trinajstić information content (AvgIpc) is 3.17. The van der Waals surface area contributed by atoms with Gasteiger partial charge < -0.3 is 24.9 Å². The standard InChI is InChI=1S/C24H25N3O4/c1-4-5-6-16(2)30-15-20-12-18-11-17(7-10-22(18)31-20)13-26-24(28)21-9-8-19(14-29-3)27-23(21)25/h4-12H,1-2,13-15H2,3H3,(H2,25,27)(H,26,28)/b6-5-. The Morgan fingerprint density at radius 2 is 2.10 bits per heavy atom. The van der Waals surface area contributed by atoms with Crippen LogP contribution in [0.1, 0.15) is 27.4 Å². The van der Waals surface area contributed by atoms with Crippen LogP contribution in [0.4, 0.5) is 5.82 Å². The highest BCUT2D eigenvalue weighted by atomic mass is 16.5. The van der Waals surface area contributed by atoms with Gasteiger partial charge in [-0.05, 0) is 42.0 Å². The molecular weight excluding hydrogens is 394 g/mol. The van der Waals surface area contributed by atoms with Crippen LogP contribution in [-0.4, -0.2) is 18.0 Å². The molecule has 0 bridgehead atoms. The fourth-order valence-corrected chi connectivity index (χ4v) is 2.93. The number of carbonyl (C=O) groups excluding carboxylic acids is 1. The molecule has 0 radical (unpaired) electrons. The maximum Gasteiger partial charge on any atom is 0.255 e. The second-order valence-corrected chi connectivity index (χ2v) is 6.79. The van der Waals surface area contributed by atoms with Crippen molar-refractivity contribution in [3.63, 3.8) is 0 Å². The van der Waals surface area contributed by atoms with Crippen LogP contribution in [0.5, 0.6) is 0 Å². The van der Waals surface area contributed by atoms with Gasteiger partial charge in [0.25, 0.3) is 5.91 Å². The lowest BCUT2D eigenvalue weighted by molar-refractivity contribution is 0.0951. The van der Waals surface area contributed by atoms with Crippen molar-refractivity contribution >= 4 is 22.7 Å². The van der Waals surface area contributed by atoms with Crippen molar-refractivity contribution in [2.75, 3.05) is 12.8 Å². The van der Waals surface area contributed by atoms with Gasteiger partial charge in [0.05, 0.1) is 17.9 Å². The van der Waals surface area contributed by atoms with E-state index in [9.17, 15) is 4.79 Å². The van der Waals surface area contributed by atoms with Gasteiger partial charge in [-0.1, -0.05) is 31.4 Å². The number of benzene rings is 1. The van der Waals surface area contributed by atoms with E-state index in [1.54, 1.807) is 37.5 Å². The minimum Gasteiger partial charge on any atom is -0.486 e. The summed E-state index contributed by atoms with van der Waals surface area (Å²) >= 11 is 0. The Morgan fingerprint density at radius 3 is 2.84 bits per heavy atom. The van der Waals surface area contributed by atoms with Gasteiger partial charge in [0, 0.05) is 19.0 Å². The van der Waals surface area contributed by atoms with Crippen molar-refractivity contribution in [1.29, 1.82) is 0 Å². The van der Waals surface area contributed by atoms with Gasteiger partial charge in [-0.2, -0.15) is 0 Å². The van der Waals surface area contributed by atoms with Crippen molar-refractivity contribution in [1.82, 2.24) is 10.3 Å².